The highest BCUT2D eigenvalue weighted by Gasteiger charge is 2.31. The van der Waals surface area contributed by atoms with Gasteiger partial charge in [0.1, 0.15) is 5.54 Å². The first-order valence-corrected chi connectivity index (χ1v) is 6.98. The van der Waals surface area contributed by atoms with Gasteiger partial charge in [-0.25, -0.2) is 0 Å². The van der Waals surface area contributed by atoms with Crippen LogP contribution in [-0.4, -0.2) is 31.3 Å². The van der Waals surface area contributed by atoms with Gasteiger partial charge in [-0.3, -0.25) is 4.79 Å². The minimum Gasteiger partial charge on any atom is -0.468 e. The van der Waals surface area contributed by atoms with Crippen molar-refractivity contribution in [2.75, 3.05) is 13.7 Å². The summed E-state index contributed by atoms with van der Waals surface area (Å²) in [6, 6.07) is 10.3. The van der Waals surface area contributed by atoms with E-state index in [1.165, 1.54) is 12.7 Å². The maximum Gasteiger partial charge on any atom is 0.325 e. The van der Waals surface area contributed by atoms with Gasteiger partial charge in [-0.2, -0.15) is 0 Å². The van der Waals surface area contributed by atoms with Crippen LogP contribution in [0.25, 0.3) is 0 Å². The van der Waals surface area contributed by atoms with Gasteiger partial charge in [0.25, 0.3) is 0 Å². The molecule has 2 N–H and O–H groups in total. The van der Waals surface area contributed by atoms with Gasteiger partial charge < -0.3 is 15.2 Å². The Balaban J connectivity index is 2.23. The van der Waals surface area contributed by atoms with Crippen LogP contribution >= 0.6 is 0 Å². The van der Waals surface area contributed by atoms with Gasteiger partial charge in [-0.15, -0.1) is 0 Å². The molecule has 0 aromatic heterocycles. The SMILES string of the molecule is COC(=O)C(C)(N)CC(C)OCCCc1ccccc1. The summed E-state index contributed by atoms with van der Waals surface area (Å²) in [5.41, 5.74) is 6.23. The lowest BCUT2D eigenvalue weighted by Gasteiger charge is -2.25. The van der Waals surface area contributed by atoms with Crippen molar-refractivity contribution in [3.63, 3.8) is 0 Å². The van der Waals surface area contributed by atoms with Crippen molar-refractivity contribution in [2.45, 2.75) is 44.8 Å². The largest absolute Gasteiger partial charge is 0.468 e. The number of hydrogen-bond donors (Lipinski definition) is 1. The molecule has 1 rings (SSSR count). The molecule has 0 saturated carbocycles. The highest BCUT2D eigenvalue weighted by atomic mass is 16.5. The van der Waals surface area contributed by atoms with Gasteiger partial charge in [-0.1, -0.05) is 30.3 Å². The monoisotopic (exact) mass is 279 g/mol. The first-order chi connectivity index (χ1) is 9.45. The Bertz CT molecular complexity index is 403. The minimum atomic E-state index is -0.992. The fraction of sp³-hybridized carbons (Fsp3) is 0.562. The van der Waals surface area contributed by atoms with E-state index in [0.29, 0.717) is 13.0 Å². The Labute approximate surface area is 121 Å². The van der Waals surface area contributed by atoms with Crippen LogP contribution in [-0.2, 0) is 20.7 Å². The molecule has 4 nitrogen and oxygen atoms in total. The highest BCUT2D eigenvalue weighted by Crippen LogP contribution is 2.14. The molecule has 2 unspecified atom stereocenters. The lowest BCUT2D eigenvalue weighted by Crippen LogP contribution is -2.48. The normalized spacial score (nSPS) is 15.4. The van der Waals surface area contributed by atoms with Gasteiger partial charge in [0, 0.05) is 13.0 Å². The molecule has 0 spiro atoms. The van der Waals surface area contributed by atoms with Crippen molar-refractivity contribution in [3.8, 4) is 0 Å². The predicted octanol–water partition coefficient (Wildman–Crippen LogP) is 2.30. The molecule has 112 valence electrons. The van der Waals surface area contributed by atoms with Crippen LogP contribution in [0.1, 0.15) is 32.3 Å². The van der Waals surface area contributed by atoms with E-state index in [1.807, 2.05) is 25.1 Å². The van der Waals surface area contributed by atoms with Crippen molar-refractivity contribution in [1.82, 2.24) is 0 Å². The first kappa shape index (κ1) is 16.7. The van der Waals surface area contributed by atoms with E-state index in [0.717, 1.165) is 12.8 Å². The molecular formula is C16H25NO3. The zero-order chi connectivity index (χ0) is 15.0. The molecule has 2 atom stereocenters. The third kappa shape index (κ3) is 5.72. The zero-order valence-corrected chi connectivity index (χ0v) is 12.6. The minimum absolute atomic E-state index is 0.0696. The highest BCUT2D eigenvalue weighted by molar-refractivity contribution is 5.79. The smallest absolute Gasteiger partial charge is 0.325 e. The summed E-state index contributed by atoms with van der Waals surface area (Å²) in [7, 11) is 1.35. The molecule has 0 fully saturated rings. The first-order valence-electron chi connectivity index (χ1n) is 6.98. The van der Waals surface area contributed by atoms with Crippen LogP contribution in [0.2, 0.25) is 0 Å². The number of methoxy groups -OCH3 is 1. The van der Waals surface area contributed by atoms with E-state index in [-0.39, 0.29) is 6.10 Å². The summed E-state index contributed by atoms with van der Waals surface area (Å²) in [5, 5.41) is 0. The lowest BCUT2D eigenvalue weighted by molar-refractivity contribution is -0.147. The second kappa shape index (κ2) is 8.02. The lowest BCUT2D eigenvalue weighted by atomic mass is 9.96. The van der Waals surface area contributed by atoms with Crippen molar-refractivity contribution >= 4 is 5.97 Å². The molecule has 0 aliphatic carbocycles. The topological polar surface area (TPSA) is 61.5 Å². The Hall–Kier alpha value is -1.39. The Morgan fingerprint density at radius 3 is 2.60 bits per heavy atom. The molecular weight excluding hydrogens is 254 g/mol. The Kier molecular flexibility index (Phi) is 6.68. The molecule has 0 radical (unpaired) electrons. The van der Waals surface area contributed by atoms with Crippen LogP contribution in [0, 0.1) is 0 Å². The molecule has 0 saturated heterocycles. The van der Waals surface area contributed by atoms with Crippen molar-refractivity contribution in [2.24, 2.45) is 5.73 Å². The summed E-state index contributed by atoms with van der Waals surface area (Å²) in [6.45, 7) is 4.26. The van der Waals surface area contributed by atoms with Crippen LogP contribution in [0.15, 0.2) is 30.3 Å². The quantitative estimate of drug-likeness (QED) is 0.586. The molecule has 1 aromatic rings. The van der Waals surface area contributed by atoms with E-state index in [2.05, 4.69) is 16.9 Å². The van der Waals surface area contributed by atoms with E-state index >= 15 is 0 Å². The fourth-order valence-corrected chi connectivity index (χ4v) is 2.18. The standard InChI is InChI=1S/C16H25NO3/c1-13(12-16(2,17)15(18)19-3)20-11-7-10-14-8-5-4-6-9-14/h4-6,8-9,13H,7,10-12,17H2,1-3H3. The van der Waals surface area contributed by atoms with Crippen molar-refractivity contribution in [1.29, 1.82) is 0 Å². The van der Waals surface area contributed by atoms with Gasteiger partial charge in [0.05, 0.1) is 13.2 Å². The average Bonchev–Trinajstić information content (AvgIpc) is 2.43. The number of rotatable bonds is 8. The molecule has 20 heavy (non-hydrogen) atoms. The predicted molar refractivity (Wildman–Crippen MR) is 79.4 cm³/mol. The zero-order valence-electron chi connectivity index (χ0n) is 12.6. The second-order valence-corrected chi connectivity index (χ2v) is 5.38. The van der Waals surface area contributed by atoms with Crippen LogP contribution in [0.4, 0.5) is 0 Å². The molecule has 0 heterocycles. The van der Waals surface area contributed by atoms with Crippen LogP contribution in [0.3, 0.4) is 0 Å². The Morgan fingerprint density at radius 2 is 2.00 bits per heavy atom. The number of nitrogens with two attached hydrogens (primary N) is 1. The van der Waals surface area contributed by atoms with Gasteiger partial charge in [0.2, 0.25) is 0 Å². The van der Waals surface area contributed by atoms with Gasteiger partial charge >= 0.3 is 5.97 Å². The maximum absolute atomic E-state index is 11.5. The molecule has 0 aliphatic rings. The Morgan fingerprint density at radius 1 is 1.35 bits per heavy atom. The summed E-state index contributed by atoms with van der Waals surface area (Å²) in [6.07, 6.45) is 2.32. The van der Waals surface area contributed by atoms with E-state index in [1.54, 1.807) is 6.92 Å². The number of aryl methyl sites for hydroxylation is 1. The van der Waals surface area contributed by atoms with E-state index < -0.39 is 11.5 Å². The number of carbonyl (C=O) groups is 1. The molecule has 1 aromatic carbocycles. The third-order valence-corrected chi connectivity index (χ3v) is 3.22. The summed E-state index contributed by atoms with van der Waals surface area (Å²) in [5.74, 6) is -0.405. The molecule has 0 amide bonds. The van der Waals surface area contributed by atoms with Gasteiger partial charge in [-0.05, 0) is 32.3 Å². The van der Waals surface area contributed by atoms with Crippen molar-refractivity contribution < 1.29 is 14.3 Å². The number of hydrogen-bond acceptors (Lipinski definition) is 4. The summed E-state index contributed by atoms with van der Waals surface area (Å²) in [4.78, 5) is 11.5. The number of esters is 1. The van der Waals surface area contributed by atoms with E-state index in [9.17, 15) is 4.79 Å². The van der Waals surface area contributed by atoms with Crippen LogP contribution < -0.4 is 5.73 Å². The fourth-order valence-electron chi connectivity index (χ4n) is 2.18. The van der Waals surface area contributed by atoms with Crippen molar-refractivity contribution in [3.05, 3.63) is 35.9 Å². The van der Waals surface area contributed by atoms with E-state index in [4.69, 9.17) is 10.5 Å². The van der Waals surface area contributed by atoms with Gasteiger partial charge in [0.15, 0.2) is 0 Å². The summed E-state index contributed by atoms with van der Waals surface area (Å²) >= 11 is 0. The third-order valence-electron chi connectivity index (χ3n) is 3.22. The molecule has 0 aliphatic heterocycles. The number of ether oxygens (including phenoxy) is 2. The summed E-state index contributed by atoms with van der Waals surface area (Å²) < 4.78 is 10.4. The molecule has 0 bridgehead atoms. The number of carbonyl (C=O) groups excluding carboxylic acids is 1. The van der Waals surface area contributed by atoms with Crippen LogP contribution in [0.5, 0.6) is 0 Å². The second-order valence-electron chi connectivity index (χ2n) is 5.38. The molecule has 4 heteroatoms. The average molecular weight is 279 g/mol. The number of benzene rings is 1. The maximum atomic E-state index is 11.5.